The van der Waals surface area contributed by atoms with Crippen molar-refractivity contribution in [2.75, 3.05) is 6.54 Å². The molecule has 2 N–H and O–H groups in total. The minimum absolute atomic E-state index is 0.469. The Morgan fingerprint density at radius 1 is 1.29 bits per heavy atom. The molecule has 116 valence electrons. The molecule has 1 aromatic rings. The van der Waals surface area contributed by atoms with Crippen LogP contribution in [0.1, 0.15) is 56.9 Å². The van der Waals surface area contributed by atoms with Gasteiger partial charge in [0.15, 0.2) is 0 Å². The van der Waals surface area contributed by atoms with Crippen LogP contribution < -0.4 is 5.32 Å². The number of benzene rings is 1. The first-order valence-electron chi connectivity index (χ1n) is 8.25. The Morgan fingerprint density at radius 2 is 2.00 bits per heavy atom. The van der Waals surface area contributed by atoms with Gasteiger partial charge in [0, 0.05) is 17.6 Å². The van der Waals surface area contributed by atoms with Gasteiger partial charge in [0.05, 0.1) is 5.60 Å². The Hall–Kier alpha value is -0.570. The maximum atomic E-state index is 10.6. The van der Waals surface area contributed by atoms with Gasteiger partial charge in [0.2, 0.25) is 0 Å². The van der Waals surface area contributed by atoms with Crippen LogP contribution >= 0.6 is 11.6 Å². The molecule has 0 amide bonds. The van der Waals surface area contributed by atoms with Crippen LogP contribution in [0.4, 0.5) is 0 Å². The molecule has 2 aliphatic carbocycles. The first kappa shape index (κ1) is 15.3. The van der Waals surface area contributed by atoms with Crippen molar-refractivity contribution in [3.8, 4) is 0 Å². The lowest BCUT2D eigenvalue weighted by Crippen LogP contribution is -2.50. The Bertz CT molecular complexity index is 469. The largest absolute Gasteiger partial charge is 0.389 e. The monoisotopic (exact) mass is 307 g/mol. The van der Waals surface area contributed by atoms with Crippen LogP contribution in [-0.2, 0) is 0 Å². The van der Waals surface area contributed by atoms with E-state index in [1.807, 2.05) is 12.1 Å². The van der Waals surface area contributed by atoms with E-state index in [9.17, 15) is 5.11 Å². The number of aliphatic hydroxyl groups is 1. The number of hydrogen-bond donors (Lipinski definition) is 2. The van der Waals surface area contributed by atoms with E-state index < -0.39 is 5.60 Å². The van der Waals surface area contributed by atoms with Crippen molar-refractivity contribution in [2.45, 2.75) is 63.0 Å². The zero-order valence-corrected chi connectivity index (χ0v) is 13.6. The van der Waals surface area contributed by atoms with Gasteiger partial charge >= 0.3 is 0 Å². The molecule has 1 aromatic carbocycles. The van der Waals surface area contributed by atoms with Crippen LogP contribution in [0.3, 0.4) is 0 Å². The lowest BCUT2D eigenvalue weighted by molar-refractivity contribution is -0.0162. The van der Waals surface area contributed by atoms with Crippen molar-refractivity contribution in [1.29, 1.82) is 0 Å². The average molecular weight is 308 g/mol. The van der Waals surface area contributed by atoms with Gasteiger partial charge < -0.3 is 10.4 Å². The predicted octanol–water partition coefficient (Wildman–Crippen LogP) is 4.12. The molecule has 2 saturated carbocycles. The quantitative estimate of drug-likeness (QED) is 0.877. The Labute approximate surface area is 132 Å². The number of rotatable bonds is 4. The van der Waals surface area contributed by atoms with Crippen molar-refractivity contribution in [1.82, 2.24) is 5.32 Å². The third-order valence-electron chi connectivity index (χ3n) is 5.27. The summed E-state index contributed by atoms with van der Waals surface area (Å²) in [4.78, 5) is 0. The molecule has 2 unspecified atom stereocenters. The molecule has 2 nitrogen and oxygen atoms in total. The van der Waals surface area contributed by atoms with Crippen molar-refractivity contribution in [3.05, 3.63) is 34.9 Å². The minimum atomic E-state index is -0.469. The highest BCUT2D eigenvalue weighted by Gasteiger charge is 2.35. The standard InChI is InChI=1S/C18H26ClNO/c1-13-3-2-8-18(21,11-13)12-20-17-9-15(10-17)14-4-6-16(19)7-5-14/h4-7,13,15,17,20-21H,2-3,8-12H2,1H3. The second kappa shape index (κ2) is 6.28. The van der Waals surface area contributed by atoms with Gasteiger partial charge in [-0.15, -0.1) is 0 Å². The van der Waals surface area contributed by atoms with Crippen LogP contribution in [0, 0.1) is 5.92 Å². The molecule has 2 aliphatic rings. The van der Waals surface area contributed by atoms with Crippen LogP contribution in [-0.4, -0.2) is 23.3 Å². The van der Waals surface area contributed by atoms with Gasteiger partial charge in [-0.25, -0.2) is 0 Å². The van der Waals surface area contributed by atoms with E-state index in [1.54, 1.807) is 0 Å². The van der Waals surface area contributed by atoms with E-state index in [2.05, 4.69) is 24.4 Å². The van der Waals surface area contributed by atoms with Gasteiger partial charge in [-0.1, -0.05) is 43.5 Å². The zero-order valence-electron chi connectivity index (χ0n) is 12.8. The van der Waals surface area contributed by atoms with Crippen LogP contribution in [0.15, 0.2) is 24.3 Å². The highest BCUT2D eigenvalue weighted by Crippen LogP contribution is 2.38. The first-order chi connectivity index (χ1) is 10.0. The molecule has 3 rings (SSSR count). The third kappa shape index (κ3) is 3.80. The zero-order chi connectivity index (χ0) is 14.9. The fourth-order valence-electron chi connectivity index (χ4n) is 3.92. The summed E-state index contributed by atoms with van der Waals surface area (Å²) in [6, 6.07) is 8.79. The van der Waals surface area contributed by atoms with Gasteiger partial charge in [-0.2, -0.15) is 0 Å². The van der Waals surface area contributed by atoms with E-state index in [0.29, 0.717) is 17.9 Å². The molecule has 0 radical (unpaired) electrons. The summed E-state index contributed by atoms with van der Waals surface area (Å²) < 4.78 is 0. The second-order valence-corrected chi connectivity index (χ2v) is 7.66. The van der Waals surface area contributed by atoms with E-state index in [4.69, 9.17) is 11.6 Å². The van der Waals surface area contributed by atoms with E-state index >= 15 is 0 Å². The summed E-state index contributed by atoms with van der Waals surface area (Å²) >= 11 is 5.93. The molecular weight excluding hydrogens is 282 g/mol. The van der Waals surface area contributed by atoms with Crippen molar-refractivity contribution >= 4 is 11.6 Å². The van der Waals surface area contributed by atoms with Gasteiger partial charge in [0.1, 0.15) is 0 Å². The summed E-state index contributed by atoms with van der Waals surface area (Å²) in [7, 11) is 0. The summed E-state index contributed by atoms with van der Waals surface area (Å²) in [5, 5.41) is 15.0. The maximum Gasteiger partial charge on any atom is 0.0774 e. The summed E-state index contributed by atoms with van der Waals surface area (Å²) in [5.41, 5.74) is 0.922. The van der Waals surface area contributed by atoms with Gasteiger partial charge in [-0.3, -0.25) is 0 Å². The normalized spacial score (nSPS) is 36.2. The van der Waals surface area contributed by atoms with E-state index in [0.717, 1.165) is 30.8 Å². The second-order valence-electron chi connectivity index (χ2n) is 7.22. The minimum Gasteiger partial charge on any atom is -0.389 e. The predicted molar refractivity (Wildman–Crippen MR) is 87.8 cm³/mol. The van der Waals surface area contributed by atoms with E-state index in [1.165, 1.54) is 24.8 Å². The topological polar surface area (TPSA) is 32.3 Å². The molecule has 0 aliphatic heterocycles. The summed E-state index contributed by atoms with van der Waals surface area (Å²) in [6.45, 7) is 3.01. The van der Waals surface area contributed by atoms with Crippen molar-refractivity contribution < 1.29 is 5.11 Å². The summed E-state index contributed by atoms with van der Waals surface area (Å²) in [6.07, 6.45) is 6.69. The molecule has 0 heterocycles. The highest BCUT2D eigenvalue weighted by molar-refractivity contribution is 6.30. The lowest BCUT2D eigenvalue weighted by Gasteiger charge is -2.41. The molecule has 2 fully saturated rings. The van der Waals surface area contributed by atoms with E-state index in [-0.39, 0.29) is 0 Å². The smallest absolute Gasteiger partial charge is 0.0774 e. The van der Waals surface area contributed by atoms with Crippen molar-refractivity contribution in [2.24, 2.45) is 5.92 Å². The molecule has 0 aromatic heterocycles. The molecule has 0 spiro atoms. The first-order valence-corrected chi connectivity index (χ1v) is 8.63. The van der Waals surface area contributed by atoms with Gasteiger partial charge in [0.25, 0.3) is 0 Å². The fraction of sp³-hybridized carbons (Fsp3) is 0.667. The molecule has 3 heteroatoms. The third-order valence-corrected chi connectivity index (χ3v) is 5.52. The Balaban J connectivity index is 1.43. The molecule has 0 bridgehead atoms. The highest BCUT2D eigenvalue weighted by atomic mass is 35.5. The Morgan fingerprint density at radius 3 is 2.67 bits per heavy atom. The maximum absolute atomic E-state index is 10.6. The summed E-state index contributed by atoms with van der Waals surface area (Å²) in [5.74, 6) is 1.31. The van der Waals surface area contributed by atoms with Crippen LogP contribution in [0.5, 0.6) is 0 Å². The lowest BCUT2D eigenvalue weighted by atomic mass is 9.74. The molecule has 21 heavy (non-hydrogen) atoms. The Kier molecular flexibility index (Phi) is 4.58. The van der Waals surface area contributed by atoms with Crippen molar-refractivity contribution in [3.63, 3.8) is 0 Å². The SMILES string of the molecule is CC1CCCC(O)(CNC2CC(c3ccc(Cl)cc3)C2)C1. The number of hydrogen-bond acceptors (Lipinski definition) is 2. The number of nitrogens with one attached hydrogen (secondary N) is 1. The average Bonchev–Trinajstić information content (AvgIpc) is 2.38. The number of halogens is 1. The molecule has 0 saturated heterocycles. The van der Waals surface area contributed by atoms with Crippen LogP contribution in [0.25, 0.3) is 0 Å². The van der Waals surface area contributed by atoms with Crippen LogP contribution in [0.2, 0.25) is 5.02 Å². The molecule has 2 atom stereocenters. The van der Waals surface area contributed by atoms with Gasteiger partial charge in [-0.05, 0) is 55.2 Å². The fourth-order valence-corrected chi connectivity index (χ4v) is 4.04. The molecular formula is C18H26ClNO.